The first-order valence-electron chi connectivity index (χ1n) is 7.11. The number of hydrogen-bond acceptors (Lipinski definition) is 3. The Bertz CT molecular complexity index is 862. The second kappa shape index (κ2) is 6.33. The molecule has 8 heteroatoms. The topological polar surface area (TPSA) is 50.3 Å². The van der Waals surface area contributed by atoms with Crippen LogP contribution in [0.25, 0.3) is 5.57 Å². The SMILES string of the molecule is O=C1C(c2ccc(Cl)cc2)=C(C(F)(F)F)C(=O)N1Cc1cccnc1. The molecule has 0 bridgehead atoms. The summed E-state index contributed by atoms with van der Waals surface area (Å²) < 4.78 is 40.2. The van der Waals surface area contributed by atoms with Gasteiger partial charge in [-0.05, 0) is 29.3 Å². The Kier molecular flexibility index (Phi) is 4.34. The van der Waals surface area contributed by atoms with Crippen molar-refractivity contribution in [2.45, 2.75) is 12.7 Å². The van der Waals surface area contributed by atoms with Crippen LogP contribution in [0.1, 0.15) is 11.1 Å². The van der Waals surface area contributed by atoms with Gasteiger partial charge in [-0.15, -0.1) is 0 Å². The maximum absolute atomic E-state index is 13.4. The number of halogens is 4. The number of carbonyl (C=O) groups excluding carboxylic acids is 2. The van der Waals surface area contributed by atoms with Gasteiger partial charge in [0.05, 0.1) is 12.1 Å². The molecule has 2 heterocycles. The highest BCUT2D eigenvalue weighted by atomic mass is 35.5. The number of amides is 2. The molecule has 0 radical (unpaired) electrons. The molecular formula is C17H10ClF3N2O2. The second-order valence-electron chi connectivity index (χ2n) is 5.31. The zero-order valence-electron chi connectivity index (χ0n) is 12.5. The van der Waals surface area contributed by atoms with Crippen molar-refractivity contribution in [2.24, 2.45) is 0 Å². The molecule has 4 nitrogen and oxygen atoms in total. The number of imide groups is 1. The van der Waals surface area contributed by atoms with Crippen molar-refractivity contribution in [3.05, 3.63) is 70.5 Å². The van der Waals surface area contributed by atoms with Crippen LogP contribution in [0.5, 0.6) is 0 Å². The van der Waals surface area contributed by atoms with Gasteiger partial charge >= 0.3 is 6.18 Å². The van der Waals surface area contributed by atoms with E-state index in [4.69, 9.17) is 11.6 Å². The van der Waals surface area contributed by atoms with Crippen LogP contribution in [0.4, 0.5) is 13.2 Å². The van der Waals surface area contributed by atoms with Crippen molar-refractivity contribution in [1.29, 1.82) is 0 Å². The molecule has 0 saturated carbocycles. The van der Waals surface area contributed by atoms with E-state index in [9.17, 15) is 22.8 Å². The number of aromatic nitrogens is 1. The molecule has 1 aromatic carbocycles. The van der Waals surface area contributed by atoms with Gasteiger partial charge in [-0.2, -0.15) is 13.2 Å². The van der Waals surface area contributed by atoms with E-state index < -0.39 is 29.1 Å². The summed E-state index contributed by atoms with van der Waals surface area (Å²) >= 11 is 5.74. The lowest BCUT2D eigenvalue weighted by atomic mass is 10.0. The first-order chi connectivity index (χ1) is 11.8. The van der Waals surface area contributed by atoms with Gasteiger partial charge in [0.25, 0.3) is 11.8 Å². The molecule has 0 saturated heterocycles. The average molecular weight is 367 g/mol. The highest BCUT2D eigenvalue weighted by Gasteiger charge is 2.51. The Balaban J connectivity index is 2.05. The van der Waals surface area contributed by atoms with Crippen LogP contribution in [0.2, 0.25) is 5.02 Å². The molecule has 0 spiro atoms. The van der Waals surface area contributed by atoms with Gasteiger partial charge in [-0.3, -0.25) is 19.5 Å². The molecule has 3 rings (SSSR count). The van der Waals surface area contributed by atoms with Crippen LogP contribution in [0, 0.1) is 0 Å². The van der Waals surface area contributed by atoms with Gasteiger partial charge in [0.15, 0.2) is 0 Å². The molecule has 1 aliphatic rings. The molecule has 1 aliphatic heterocycles. The van der Waals surface area contributed by atoms with E-state index in [2.05, 4.69) is 4.98 Å². The number of carbonyl (C=O) groups is 2. The van der Waals surface area contributed by atoms with E-state index in [0.29, 0.717) is 15.5 Å². The highest BCUT2D eigenvalue weighted by molar-refractivity contribution is 6.36. The van der Waals surface area contributed by atoms with Crippen LogP contribution in [-0.2, 0) is 16.1 Å². The summed E-state index contributed by atoms with van der Waals surface area (Å²) in [6.07, 6.45) is -2.09. The molecule has 0 unspecified atom stereocenters. The summed E-state index contributed by atoms with van der Waals surface area (Å²) in [5, 5.41) is 0.307. The molecule has 1 aromatic heterocycles. The Hall–Kier alpha value is -2.67. The van der Waals surface area contributed by atoms with Gasteiger partial charge < -0.3 is 0 Å². The fourth-order valence-electron chi connectivity index (χ4n) is 2.54. The fraction of sp³-hybridized carbons (Fsp3) is 0.118. The number of benzene rings is 1. The number of rotatable bonds is 3. The zero-order valence-corrected chi connectivity index (χ0v) is 13.3. The standard InChI is InChI=1S/C17H10ClF3N2O2/c18-12-5-3-11(4-6-12)13-14(17(19,20)21)16(25)23(15(13)24)9-10-2-1-7-22-8-10/h1-8H,9H2. The van der Waals surface area contributed by atoms with E-state index >= 15 is 0 Å². The summed E-state index contributed by atoms with van der Waals surface area (Å²) in [7, 11) is 0. The highest BCUT2D eigenvalue weighted by Crippen LogP contribution is 2.40. The monoisotopic (exact) mass is 366 g/mol. The van der Waals surface area contributed by atoms with Crippen molar-refractivity contribution in [1.82, 2.24) is 9.88 Å². The Morgan fingerprint density at radius 2 is 1.72 bits per heavy atom. The van der Waals surface area contributed by atoms with Gasteiger partial charge in [-0.25, -0.2) is 0 Å². The summed E-state index contributed by atoms with van der Waals surface area (Å²) in [5.74, 6) is -2.37. The summed E-state index contributed by atoms with van der Waals surface area (Å²) in [5.41, 5.74) is -1.70. The maximum atomic E-state index is 13.4. The van der Waals surface area contributed by atoms with Crippen LogP contribution in [0.3, 0.4) is 0 Å². The Morgan fingerprint density at radius 1 is 1.04 bits per heavy atom. The van der Waals surface area contributed by atoms with E-state index in [1.807, 2.05) is 0 Å². The predicted octanol–water partition coefficient (Wildman–Crippen LogP) is 3.62. The molecular weight excluding hydrogens is 357 g/mol. The van der Waals surface area contributed by atoms with Gasteiger partial charge in [-0.1, -0.05) is 29.8 Å². The van der Waals surface area contributed by atoms with E-state index in [-0.39, 0.29) is 12.1 Å². The average Bonchev–Trinajstić information content (AvgIpc) is 2.81. The van der Waals surface area contributed by atoms with Crippen LogP contribution < -0.4 is 0 Å². The molecule has 2 amide bonds. The summed E-state index contributed by atoms with van der Waals surface area (Å²) in [4.78, 5) is 29.3. The number of alkyl halides is 3. The minimum atomic E-state index is -4.95. The van der Waals surface area contributed by atoms with Crippen LogP contribution in [0.15, 0.2) is 54.4 Å². The van der Waals surface area contributed by atoms with Crippen LogP contribution in [-0.4, -0.2) is 27.9 Å². The van der Waals surface area contributed by atoms with Gasteiger partial charge in [0, 0.05) is 17.4 Å². The normalized spacial score (nSPS) is 15.3. The third-order valence-electron chi connectivity index (χ3n) is 3.65. The smallest absolute Gasteiger partial charge is 0.270 e. The minimum Gasteiger partial charge on any atom is -0.270 e. The van der Waals surface area contributed by atoms with E-state index in [1.54, 1.807) is 12.1 Å². The predicted molar refractivity (Wildman–Crippen MR) is 84.2 cm³/mol. The third-order valence-corrected chi connectivity index (χ3v) is 3.90. The van der Waals surface area contributed by atoms with Gasteiger partial charge in [0.1, 0.15) is 5.57 Å². The van der Waals surface area contributed by atoms with Crippen LogP contribution >= 0.6 is 11.6 Å². The Labute approximate surface area is 145 Å². The lowest BCUT2D eigenvalue weighted by molar-refractivity contribution is -0.142. The quantitative estimate of drug-likeness (QED) is 0.780. The largest absolute Gasteiger partial charge is 0.422 e. The van der Waals surface area contributed by atoms with Crippen molar-refractivity contribution < 1.29 is 22.8 Å². The fourth-order valence-corrected chi connectivity index (χ4v) is 2.67. The van der Waals surface area contributed by atoms with Crippen molar-refractivity contribution in [3.8, 4) is 0 Å². The van der Waals surface area contributed by atoms with Crippen molar-refractivity contribution in [2.75, 3.05) is 0 Å². The summed E-state index contributed by atoms with van der Waals surface area (Å²) in [6, 6.07) is 8.42. The number of nitrogens with zero attached hydrogens (tertiary/aromatic N) is 2. The summed E-state index contributed by atoms with van der Waals surface area (Å²) in [6.45, 7) is -0.290. The molecule has 0 fully saturated rings. The number of pyridine rings is 1. The van der Waals surface area contributed by atoms with E-state index in [1.165, 1.54) is 36.7 Å². The second-order valence-corrected chi connectivity index (χ2v) is 5.75. The third kappa shape index (κ3) is 3.28. The van der Waals surface area contributed by atoms with Gasteiger partial charge in [0.2, 0.25) is 0 Å². The number of hydrogen-bond donors (Lipinski definition) is 0. The first-order valence-corrected chi connectivity index (χ1v) is 7.49. The molecule has 25 heavy (non-hydrogen) atoms. The maximum Gasteiger partial charge on any atom is 0.422 e. The molecule has 0 atom stereocenters. The minimum absolute atomic E-state index is 0.0104. The zero-order chi connectivity index (χ0) is 18.2. The molecule has 0 N–H and O–H groups in total. The van der Waals surface area contributed by atoms with Crippen molar-refractivity contribution >= 4 is 29.0 Å². The lowest BCUT2D eigenvalue weighted by Gasteiger charge is -2.15. The molecule has 128 valence electrons. The van der Waals surface area contributed by atoms with E-state index in [0.717, 1.165) is 0 Å². The first kappa shape index (κ1) is 17.2. The molecule has 2 aromatic rings. The van der Waals surface area contributed by atoms with Crippen molar-refractivity contribution in [3.63, 3.8) is 0 Å². The Morgan fingerprint density at radius 3 is 2.28 bits per heavy atom. The lowest BCUT2D eigenvalue weighted by Crippen LogP contribution is -2.33. The molecule has 0 aliphatic carbocycles.